The van der Waals surface area contributed by atoms with Crippen LogP contribution in [-0.4, -0.2) is 11.7 Å². The van der Waals surface area contributed by atoms with Crippen LogP contribution in [0.5, 0.6) is 5.75 Å². The van der Waals surface area contributed by atoms with Gasteiger partial charge in [-0.2, -0.15) is 0 Å². The molecule has 2 heteroatoms. The molecule has 15 heavy (non-hydrogen) atoms. The molecule has 1 rings (SSSR count). The van der Waals surface area contributed by atoms with Gasteiger partial charge in [0.05, 0.1) is 6.10 Å². The molecule has 0 spiro atoms. The number of aliphatic hydroxyl groups excluding tert-OH is 1. The Hall–Kier alpha value is -1.28. The summed E-state index contributed by atoms with van der Waals surface area (Å²) in [5.74, 6) is 0.745. The highest BCUT2D eigenvalue weighted by atomic mass is 16.5. The van der Waals surface area contributed by atoms with Crippen molar-refractivity contribution in [2.45, 2.75) is 26.4 Å². The minimum Gasteiger partial charge on any atom is -0.489 e. The van der Waals surface area contributed by atoms with Crippen LogP contribution >= 0.6 is 0 Å². The summed E-state index contributed by atoms with van der Waals surface area (Å²) in [5, 5.41) is 9.77. The number of ether oxygens (including phenoxy) is 1. The maximum atomic E-state index is 9.77. The molecule has 82 valence electrons. The Bertz CT molecular complexity index is 331. The maximum absolute atomic E-state index is 9.77. The normalized spacial score (nSPS) is 12.2. The number of rotatable bonds is 5. The van der Waals surface area contributed by atoms with Gasteiger partial charge in [0.25, 0.3) is 0 Å². The molecule has 0 aliphatic rings. The monoisotopic (exact) mass is 206 g/mol. The van der Waals surface area contributed by atoms with Crippen LogP contribution in [0.1, 0.15) is 31.9 Å². The third-order valence-corrected chi connectivity index (χ3v) is 2.14. The Kier molecular flexibility index (Phi) is 4.37. The van der Waals surface area contributed by atoms with E-state index in [1.807, 2.05) is 38.1 Å². The molecule has 0 saturated heterocycles. The SMILES string of the molecule is C=C(C)COc1ccccc1C(O)CC. The van der Waals surface area contributed by atoms with E-state index < -0.39 is 6.10 Å². The lowest BCUT2D eigenvalue weighted by molar-refractivity contribution is 0.168. The lowest BCUT2D eigenvalue weighted by Crippen LogP contribution is -2.03. The van der Waals surface area contributed by atoms with Gasteiger partial charge in [0.1, 0.15) is 12.4 Å². The Labute approximate surface area is 91.2 Å². The average molecular weight is 206 g/mol. The second-order valence-corrected chi connectivity index (χ2v) is 3.71. The average Bonchev–Trinajstić information content (AvgIpc) is 2.25. The number of para-hydroxylation sites is 1. The summed E-state index contributed by atoms with van der Waals surface area (Å²) in [4.78, 5) is 0. The van der Waals surface area contributed by atoms with Crippen molar-refractivity contribution in [2.24, 2.45) is 0 Å². The number of hydrogen-bond donors (Lipinski definition) is 1. The van der Waals surface area contributed by atoms with Crippen LogP contribution in [0, 0.1) is 0 Å². The van der Waals surface area contributed by atoms with Crippen molar-refractivity contribution < 1.29 is 9.84 Å². The van der Waals surface area contributed by atoms with Crippen molar-refractivity contribution in [3.05, 3.63) is 42.0 Å². The van der Waals surface area contributed by atoms with Gasteiger partial charge in [0.15, 0.2) is 0 Å². The highest BCUT2D eigenvalue weighted by molar-refractivity contribution is 5.35. The van der Waals surface area contributed by atoms with Crippen molar-refractivity contribution in [1.29, 1.82) is 0 Å². The van der Waals surface area contributed by atoms with E-state index in [0.717, 1.165) is 16.9 Å². The molecule has 0 fully saturated rings. The van der Waals surface area contributed by atoms with Crippen molar-refractivity contribution in [3.63, 3.8) is 0 Å². The molecule has 0 saturated carbocycles. The Balaban J connectivity index is 2.81. The fourth-order valence-corrected chi connectivity index (χ4v) is 1.31. The molecule has 1 unspecified atom stereocenters. The Morgan fingerprint density at radius 3 is 2.73 bits per heavy atom. The molecule has 0 aliphatic heterocycles. The van der Waals surface area contributed by atoms with E-state index in [9.17, 15) is 5.11 Å². The summed E-state index contributed by atoms with van der Waals surface area (Å²) in [6, 6.07) is 7.57. The lowest BCUT2D eigenvalue weighted by Gasteiger charge is -2.14. The summed E-state index contributed by atoms with van der Waals surface area (Å²) in [5.41, 5.74) is 1.82. The molecule has 0 amide bonds. The molecule has 0 aliphatic carbocycles. The van der Waals surface area contributed by atoms with E-state index in [4.69, 9.17) is 4.74 Å². The summed E-state index contributed by atoms with van der Waals surface area (Å²) >= 11 is 0. The van der Waals surface area contributed by atoms with Gasteiger partial charge in [-0.15, -0.1) is 0 Å². The van der Waals surface area contributed by atoms with Gasteiger partial charge in [0, 0.05) is 5.56 Å². The predicted octanol–water partition coefficient (Wildman–Crippen LogP) is 3.08. The maximum Gasteiger partial charge on any atom is 0.125 e. The molecule has 0 heterocycles. The van der Waals surface area contributed by atoms with Crippen LogP contribution in [-0.2, 0) is 0 Å². The molecular formula is C13H18O2. The minimum absolute atomic E-state index is 0.452. The summed E-state index contributed by atoms with van der Waals surface area (Å²) in [6.07, 6.45) is 0.235. The van der Waals surface area contributed by atoms with Gasteiger partial charge >= 0.3 is 0 Å². The second-order valence-electron chi connectivity index (χ2n) is 3.71. The molecule has 1 aromatic rings. The number of hydrogen-bond acceptors (Lipinski definition) is 2. The quantitative estimate of drug-likeness (QED) is 0.750. The zero-order valence-corrected chi connectivity index (χ0v) is 9.36. The molecule has 0 radical (unpaired) electrons. The molecule has 1 atom stereocenters. The molecular weight excluding hydrogens is 188 g/mol. The molecule has 0 aromatic heterocycles. The van der Waals surface area contributed by atoms with Gasteiger partial charge in [-0.25, -0.2) is 0 Å². The molecule has 0 bridgehead atoms. The first kappa shape index (κ1) is 11.8. The van der Waals surface area contributed by atoms with Gasteiger partial charge in [-0.3, -0.25) is 0 Å². The third-order valence-electron chi connectivity index (χ3n) is 2.14. The van der Waals surface area contributed by atoms with Crippen molar-refractivity contribution in [1.82, 2.24) is 0 Å². The first-order valence-electron chi connectivity index (χ1n) is 5.19. The van der Waals surface area contributed by atoms with Crippen LogP contribution in [0.25, 0.3) is 0 Å². The van der Waals surface area contributed by atoms with Crippen molar-refractivity contribution >= 4 is 0 Å². The standard InChI is InChI=1S/C13H18O2/c1-4-12(14)11-7-5-6-8-13(11)15-9-10(2)3/h5-8,12,14H,2,4,9H2,1,3H3. The summed E-state index contributed by atoms with van der Waals surface area (Å²) in [6.45, 7) is 8.13. The van der Waals surface area contributed by atoms with E-state index in [2.05, 4.69) is 6.58 Å². The van der Waals surface area contributed by atoms with Crippen LogP contribution in [0.4, 0.5) is 0 Å². The van der Waals surface area contributed by atoms with Gasteiger partial charge in [-0.05, 0) is 25.0 Å². The minimum atomic E-state index is -0.452. The summed E-state index contributed by atoms with van der Waals surface area (Å²) < 4.78 is 5.56. The zero-order valence-electron chi connectivity index (χ0n) is 9.36. The highest BCUT2D eigenvalue weighted by Gasteiger charge is 2.10. The van der Waals surface area contributed by atoms with Crippen LogP contribution in [0.15, 0.2) is 36.4 Å². The Morgan fingerprint density at radius 1 is 1.47 bits per heavy atom. The first-order chi connectivity index (χ1) is 7.15. The topological polar surface area (TPSA) is 29.5 Å². The van der Waals surface area contributed by atoms with Gasteiger partial charge in [-0.1, -0.05) is 31.7 Å². The fourth-order valence-electron chi connectivity index (χ4n) is 1.31. The summed E-state index contributed by atoms with van der Waals surface area (Å²) in [7, 11) is 0. The van der Waals surface area contributed by atoms with Crippen LogP contribution in [0.3, 0.4) is 0 Å². The van der Waals surface area contributed by atoms with Crippen LogP contribution < -0.4 is 4.74 Å². The lowest BCUT2D eigenvalue weighted by atomic mass is 10.1. The largest absolute Gasteiger partial charge is 0.489 e. The van der Waals surface area contributed by atoms with Gasteiger partial charge in [0.2, 0.25) is 0 Å². The smallest absolute Gasteiger partial charge is 0.125 e. The first-order valence-corrected chi connectivity index (χ1v) is 5.19. The van der Waals surface area contributed by atoms with E-state index in [1.165, 1.54) is 0 Å². The van der Waals surface area contributed by atoms with Gasteiger partial charge < -0.3 is 9.84 Å². The van der Waals surface area contributed by atoms with E-state index >= 15 is 0 Å². The fraction of sp³-hybridized carbons (Fsp3) is 0.385. The number of aliphatic hydroxyl groups is 1. The second kappa shape index (κ2) is 5.56. The van der Waals surface area contributed by atoms with Crippen LogP contribution in [0.2, 0.25) is 0 Å². The molecule has 1 N–H and O–H groups in total. The molecule has 2 nitrogen and oxygen atoms in total. The van der Waals surface area contributed by atoms with Crippen molar-refractivity contribution in [3.8, 4) is 5.75 Å². The van der Waals surface area contributed by atoms with Crippen molar-refractivity contribution in [2.75, 3.05) is 6.61 Å². The number of benzene rings is 1. The van der Waals surface area contributed by atoms with E-state index in [-0.39, 0.29) is 0 Å². The van der Waals surface area contributed by atoms with E-state index in [1.54, 1.807) is 0 Å². The third kappa shape index (κ3) is 3.40. The Morgan fingerprint density at radius 2 is 2.13 bits per heavy atom. The predicted molar refractivity (Wildman–Crippen MR) is 62.0 cm³/mol. The molecule has 1 aromatic carbocycles. The van der Waals surface area contributed by atoms with E-state index in [0.29, 0.717) is 13.0 Å². The highest BCUT2D eigenvalue weighted by Crippen LogP contribution is 2.26. The zero-order chi connectivity index (χ0) is 11.3.